The molecule has 4 nitrogen and oxygen atoms in total. The van der Waals surface area contributed by atoms with E-state index < -0.39 is 0 Å². The lowest BCUT2D eigenvalue weighted by Gasteiger charge is -2.33. The van der Waals surface area contributed by atoms with Gasteiger partial charge < -0.3 is 15.7 Å². The molecule has 1 fully saturated rings. The number of hydrogen-bond acceptors (Lipinski definition) is 3. The predicted molar refractivity (Wildman–Crippen MR) is 54.7 cm³/mol. The van der Waals surface area contributed by atoms with E-state index >= 15 is 0 Å². The summed E-state index contributed by atoms with van der Waals surface area (Å²) in [6.07, 6.45) is 2.67. The number of rotatable bonds is 3. The van der Waals surface area contributed by atoms with Gasteiger partial charge in [0.05, 0.1) is 6.04 Å². The minimum absolute atomic E-state index is 0.0330. The number of carbonyl (C=O) groups excluding carboxylic acids is 1. The van der Waals surface area contributed by atoms with E-state index in [9.17, 15) is 4.79 Å². The quantitative estimate of drug-likeness (QED) is 0.671. The number of aliphatic hydroxyl groups is 1. The number of hydrogen-bond donors (Lipinski definition) is 2. The molecule has 3 N–H and O–H groups in total. The highest BCUT2D eigenvalue weighted by atomic mass is 16.3. The fourth-order valence-electron chi connectivity index (χ4n) is 1.82. The molecule has 2 atom stereocenters. The van der Waals surface area contributed by atoms with Crippen molar-refractivity contribution in [2.45, 2.75) is 32.2 Å². The summed E-state index contributed by atoms with van der Waals surface area (Å²) in [5.74, 6) is 0.280. The summed E-state index contributed by atoms with van der Waals surface area (Å²) in [7, 11) is 0. The maximum absolute atomic E-state index is 11.7. The highest BCUT2D eigenvalue weighted by molar-refractivity contribution is 5.81. The third-order valence-corrected chi connectivity index (χ3v) is 2.85. The lowest BCUT2D eigenvalue weighted by atomic mass is 9.98. The summed E-state index contributed by atoms with van der Waals surface area (Å²) in [5.41, 5.74) is 5.68. The van der Waals surface area contributed by atoms with Crippen LogP contribution in [0.5, 0.6) is 0 Å². The first-order valence-corrected chi connectivity index (χ1v) is 5.34. The molecule has 14 heavy (non-hydrogen) atoms. The zero-order valence-corrected chi connectivity index (χ0v) is 8.78. The van der Waals surface area contributed by atoms with Crippen LogP contribution in [0.25, 0.3) is 0 Å². The van der Waals surface area contributed by atoms with Crippen LogP contribution in [0.15, 0.2) is 0 Å². The van der Waals surface area contributed by atoms with E-state index in [2.05, 4.69) is 0 Å². The normalized spacial score (nSPS) is 24.8. The van der Waals surface area contributed by atoms with Crippen LogP contribution in [0.1, 0.15) is 26.2 Å². The van der Waals surface area contributed by atoms with E-state index in [0.717, 1.165) is 19.4 Å². The van der Waals surface area contributed by atoms with Gasteiger partial charge in [-0.1, -0.05) is 6.92 Å². The number of nitrogens with zero attached hydrogens (tertiary/aromatic N) is 1. The van der Waals surface area contributed by atoms with Crippen LogP contribution in [0.4, 0.5) is 0 Å². The lowest BCUT2D eigenvalue weighted by Crippen LogP contribution is -2.48. The van der Waals surface area contributed by atoms with Gasteiger partial charge in [0.25, 0.3) is 0 Å². The van der Waals surface area contributed by atoms with Gasteiger partial charge in [-0.3, -0.25) is 4.79 Å². The molecule has 1 rings (SSSR count). The Kier molecular flexibility index (Phi) is 4.35. The molecule has 0 saturated carbocycles. The van der Waals surface area contributed by atoms with Gasteiger partial charge in [-0.2, -0.15) is 0 Å². The van der Waals surface area contributed by atoms with Gasteiger partial charge in [-0.15, -0.1) is 0 Å². The molecule has 0 aromatic heterocycles. The summed E-state index contributed by atoms with van der Waals surface area (Å²) in [4.78, 5) is 13.5. The number of aliphatic hydroxyl groups excluding tert-OH is 1. The highest BCUT2D eigenvalue weighted by Crippen LogP contribution is 2.16. The molecule has 0 radical (unpaired) electrons. The first-order valence-electron chi connectivity index (χ1n) is 5.34. The minimum atomic E-state index is -0.368. The molecule has 0 spiro atoms. The molecular weight excluding hydrogens is 180 g/mol. The number of likely N-dealkylation sites (tertiary alicyclic amines) is 1. The van der Waals surface area contributed by atoms with Gasteiger partial charge in [0, 0.05) is 19.7 Å². The second-order valence-electron chi connectivity index (χ2n) is 3.99. The molecule has 0 bridgehead atoms. The molecule has 1 amide bonds. The predicted octanol–water partition coefficient (Wildman–Crippen LogP) is -0.0454. The smallest absolute Gasteiger partial charge is 0.239 e. The van der Waals surface area contributed by atoms with E-state index in [-0.39, 0.29) is 24.5 Å². The Morgan fingerprint density at radius 2 is 2.43 bits per heavy atom. The average molecular weight is 200 g/mol. The molecule has 0 aromatic rings. The van der Waals surface area contributed by atoms with Crippen LogP contribution < -0.4 is 5.73 Å². The van der Waals surface area contributed by atoms with Crippen molar-refractivity contribution in [3.63, 3.8) is 0 Å². The van der Waals surface area contributed by atoms with Crippen LogP contribution in [-0.4, -0.2) is 41.7 Å². The Morgan fingerprint density at radius 3 is 3.00 bits per heavy atom. The first kappa shape index (κ1) is 11.5. The Morgan fingerprint density at radius 1 is 1.71 bits per heavy atom. The van der Waals surface area contributed by atoms with Gasteiger partial charge in [-0.25, -0.2) is 0 Å². The summed E-state index contributed by atoms with van der Waals surface area (Å²) in [5, 5.41) is 9.02. The van der Waals surface area contributed by atoms with Crippen molar-refractivity contribution >= 4 is 5.91 Å². The molecule has 1 saturated heterocycles. The number of piperidine rings is 1. The van der Waals surface area contributed by atoms with Crippen molar-refractivity contribution < 1.29 is 9.90 Å². The summed E-state index contributed by atoms with van der Waals surface area (Å²) >= 11 is 0. The van der Waals surface area contributed by atoms with Gasteiger partial charge in [-0.05, 0) is 25.2 Å². The van der Waals surface area contributed by atoms with Crippen LogP contribution in [0.3, 0.4) is 0 Å². The Labute approximate surface area is 85.1 Å². The zero-order chi connectivity index (χ0) is 10.6. The van der Waals surface area contributed by atoms with E-state index in [4.69, 9.17) is 10.8 Å². The van der Waals surface area contributed by atoms with Gasteiger partial charge in [0.1, 0.15) is 0 Å². The van der Waals surface area contributed by atoms with Gasteiger partial charge in [0.15, 0.2) is 0 Å². The van der Waals surface area contributed by atoms with Crippen molar-refractivity contribution in [2.75, 3.05) is 19.7 Å². The zero-order valence-electron chi connectivity index (χ0n) is 8.78. The summed E-state index contributed by atoms with van der Waals surface area (Å²) in [6.45, 7) is 3.55. The van der Waals surface area contributed by atoms with Crippen molar-refractivity contribution in [1.82, 2.24) is 4.90 Å². The fourth-order valence-corrected chi connectivity index (χ4v) is 1.82. The maximum atomic E-state index is 11.7. The molecular formula is C10H20N2O2. The van der Waals surface area contributed by atoms with E-state index in [1.54, 1.807) is 4.90 Å². The molecule has 2 unspecified atom stereocenters. The standard InChI is InChI=1S/C10H20N2O2/c1-2-9(11)10(14)12-5-3-4-8(6-12)7-13/h8-9,13H,2-7,11H2,1H3. The van der Waals surface area contributed by atoms with Crippen molar-refractivity contribution in [1.29, 1.82) is 0 Å². The third kappa shape index (κ3) is 2.69. The minimum Gasteiger partial charge on any atom is -0.396 e. The molecule has 1 aliphatic heterocycles. The second kappa shape index (κ2) is 5.32. The van der Waals surface area contributed by atoms with Crippen LogP contribution in [-0.2, 0) is 4.79 Å². The van der Waals surface area contributed by atoms with Gasteiger partial charge in [0.2, 0.25) is 5.91 Å². The molecule has 0 aliphatic carbocycles. The van der Waals surface area contributed by atoms with E-state index in [1.165, 1.54) is 0 Å². The maximum Gasteiger partial charge on any atom is 0.239 e. The monoisotopic (exact) mass is 200 g/mol. The van der Waals surface area contributed by atoms with E-state index in [1.807, 2.05) is 6.92 Å². The summed E-state index contributed by atoms with van der Waals surface area (Å²) in [6, 6.07) is -0.368. The van der Waals surface area contributed by atoms with Crippen molar-refractivity contribution in [3.8, 4) is 0 Å². The molecule has 82 valence electrons. The Bertz CT molecular complexity index is 197. The Hall–Kier alpha value is -0.610. The Balaban J connectivity index is 2.47. The summed E-state index contributed by atoms with van der Waals surface area (Å²) < 4.78 is 0. The van der Waals surface area contributed by atoms with Crippen LogP contribution in [0, 0.1) is 5.92 Å². The molecule has 1 heterocycles. The third-order valence-electron chi connectivity index (χ3n) is 2.85. The topological polar surface area (TPSA) is 66.6 Å². The fraction of sp³-hybridized carbons (Fsp3) is 0.900. The first-order chi connectivity index (χ1) is 6.69. The SMILES string of the molecule is CCC(N)C(=O)N1CCCC(CO)C1. The molecule has 1 aliphatic rings. The number of carbonyl (C=O) groups is 1. The van der Waals surface area contributed by atoms with Crippen LogP contribution in [0.2, 0.25) is 0 Å². The van der Waals surface area contributed by atoms with Crippen molar-refractivity contribution in [3.05, 3.63) is 0 Å². The van der Waals surface area contributed by atoms with Crippen molar-refractivity contribution in [2.24, 2.45) is 11.7 Å². The highest BCUT2D eigenvalue weighted by Gasteiger charge is 2.25. The second-order valence-corrected chi connectivity index (χ2v) is 3.99. The van der Waals surface area contributed by atoms with E-state index in [0.29, 0.717) is 13.0 Å². The lowest BCUT2D eigenvalue weighted by molar-refractivity contribution is -0.134. The number of amides is 1. The number of nitrogens with two attached hydrogens (primary N) is 1. The molecule has 4 heteroatoms. The van der Waals surface area contributed by atoms with Gasteiger partial charge >= 0.3 is 0 Å². The average Bonchev–Trinajstić information content (AvgIpc) is 2.27. The largest absolute Gasteiger partial charge is 0.396 e. The molecule has 0 aromatic carbocycles. The van der Waals surface area contributed by atoms with Crippen LogP contribution >= 0.6 is 0 Å².